The van der Waals surface area contributed by atoms with Crippen molar-refractivity contribution in [2.45, 2.75) is 32.5 Å². The number of carbonyl (C=O) groups is 2. The summed E-state index contributed by atoms with van der Waals surface area (Å²) in [5, 5.41) is 15.3. The van der Waals surface area contributed by atoms with Crippen molar-refractivity contribution < 1.29 is 19.4 Å². The maximum atomic E-state index is 11.7. The molecule has 3 rings (SSSR count). The van der Waals surface area contributed by atoms with Gasteiger partial charge in [-0.15, -0.1) is 11.3 Å². The number of hydrogen-bond donors (Lipinski definition) is 3. The molecule has 1 aliphatic rings. The van der Waals surface area contributed by atoms with Gasteiger partial charge >= 0.3 is 6.09 Å². The molecule has 2 atom stereocenters. The van der Waals surface area contributed by atoms with Gasteiger partial charge in [-0.05, 0) is 31.6 Å². The van der Waals surface area contributed by atoms with Crippen LogP contribution in [0.3, 0.4) is 0 Å². The van der Waals surface area contributed by atoms with Gasteiger partial charge in [0.25, 0.3) is 0 Å². The molecule has 2 aromatic heterocycles. The van der Waals surface area contributed by atoms with Crippen LogP contribution in [0.25, 0.3) is 17.0 Å². The van der Waals surface area contributed by atoms with E-state index in [1.807, 2.05) is 37.4 Å². The largest absolute Gasteiger partial charge is 0.465 e. The average Bonchev–Trinajstić information content (AvgIpc) is 3.08. The molecule has 27 heavy (non-hydrogen) atoms. The van der Waals surface area contributed by atoms with Crippen molar-refractivity contribution in [1.29, 1.82) is 0 Å². The summed E-state index contributed by atoms with van der Waals surface area (Å²) in [6, 6.07) is 5.76. The summed E-state index contributed by atoms with van der Waals surface area (Å²) < 4.78 is 5.73. The molecule has 0 aliphatic carbocycles. The molecule has 2 amide bonds. The molecule has 8 nitrogen and oxygen atoms in total. The lowest BCUT2D eigenvalue weighted by Gasteiger charge is -2.24. The van der Waals surface area contributed by atoms with Crippen molar-refractivity contribution in [3.05, 3.63) is 35.3 Å². The van der Waals surface area contributed by atoms with Crippen molar-refractivity contribution in [3.63, 3.8) is 0 Å². The number of pyridine rings is 1. The van der Waals surface area contributed by atoms with Gasteiger partial charge in [0.2, 0.25) is 5.91 Å². The molecule has 0 bridgehead atoms. The fourth-order valence-electron chi connectivity index (χ4n) is 2.83. The fourth-order valence-corrected chi connectivity index (χ4v) is 3.55. The highest BCUT2D eigenvalue weighted by Crippen LogP contribution is 2.29. The number of thiazole rings is 1. The molecule has 0 fully saturated rings. The Bertz CT molecular complexity index is 880. The van der Waals surface area contributed by atoms with Crippen LogP contribution in [0.5, 0.6) is 0 Å². The van der Waals surface area contributed by atoms with E-state index < -0.39 is 12.0 Å². The van der Waals surface area contributed by atoms with E-state index in [4.69, 9.17) is 14.8 Å². The highest BCUT2D eigenvalue weighted by Gasteiger charge is 2.19. The zero-order valence-corrected chi connectivity index (χ0v) is 15.7. The van der Waals surface area contributed by atoms with Gasteiger partial charge in [-0.25, -0.2) is 14.8 Å². The first kappa shape index (κ1) is 19.0. The number of anilines is 1. The average molecular weight is 388 g/mol. The van der Waals surface area contributed by atoms with Crippen LogP contribution < -0.4 is 10.6 Å². The van der Waals surface area contributed by atoms with E-state index >= 15 is 0 Å². The summed E-state index contributed by atoms with van der Waals surface area (Å²) >= 11 is 1.26. The van der Waals surface area contributed by atoms with E-state index in [0.29, 0.717) is 16.5 Å². The molecule has 0 unspecified atom stereocenters. The monoisotopic (exact) mass is 388 g/mol. The topological polar surface area (TPSA) is 113 Å². The Morgan fingerprint density at radius 2 is 2.04 bits per heavy atom. The lowest BCUT2D eigenvalue weighted by Crippen LogP contribution is -2.31. The maximum Gasteiger partial charge on any atom is 0.405 e. The van der Waals surface area contributed by atoms with E-state index in [0.717, 1.165) is 17.7 Å². The highest BCUT2D eigenvalue weighted by atomic mass is 32.1. The van der Waals surface area contributed by atoms with Gasteiger partial charge in [-0.3, -0.25) is 4.79 Å². The molecule has 9 heteroatoms. The minimum absolute atomic E-state index is 0.0507. The summed E-state index contributed by atoms with van der Waals surface area (Å²) in [7, 11) is 0. The van der Waals surface area contributed by atoms with Gasteiger partial charge in [-0.2, -0.15) is 0 Å². The molecule has 3 N–H and O–H groups in total. The number of carboxylic acid groups (broad SMARTS) is 1. The van der Waals surface area contributed by atoms with E-state index in [1.54, 1.807) is 5.38 Å². The normalized spacial score (nSPS) is 19.3. The van der Waals surface area contributed by atoms with Gasteiger partial charge in [0, 0.05) is 11.8 Å². The number of rotatable bonds is 5. The van der Waals surface area contributed by atoms with Gasteiger partial charge < -0.3 is 20.5 Å². The van der Waals surface area contributed by atoms with Crippen molar-refractivity contribution >= 4 is 34.0 Å². The molecule has 0 spiro atoms. The predicted octanol–water partition coefficient (Wildman–Crippen LogP) is 2.99. The quantitative estimate of drug-likeness (QED) is 0.726. The van der Waals surface area contributed by atoms with Crippen molar-refractivity contribution in [1.82, 2.24) is 15.3 Å². The smallest absolute Gasteiger partial charge is 0.405 e. The Balaban J connectivity index is 1.73. The third-order valence-corrected chi connectivity index (χ3v) is 4.64. The number of ether oxygens (including phenoxy) is 1. The van der Waals surface area contributed by atoms with Crippen LogP contribution in [0.15, 0.2) is 29.7 Å². The first-order valence-electron chi connectivity index (χ1n) is 8.47. The van der Waals surface area contributed by atoms with Crippen LogP contribution in [0, 0.1) is 0 Å². The molecular formula is C18H20N4O4S. The number of carbonyl (C=O) groups excluding carboxylic acids is 1. The molecule has 142 valence electrons. The lowest BCUT2D eigenvalue weighted by molar-refractivity contribution is -0.115. The van der Waals surface area contributed by atoms with Gasteiger partial charge in [0.05, 0.1) is 23.6 Å². The number of hydrogen-bond acceptors (Lipinski definition) is 6. The lowest BCUT2D eigenvalue weighted by atomic mass is 10.00. The van der Waals surface area contributed by atoms with Crippen molar-refractivity contribution in [2.75, 3.05) is 11.9 Å². The van der Waals surface area contributed by atoms with Gasteiger partial charge in [-0.1, -0.05) is 12.1 Å². The van der Waals surface area contributed by atoms with Crippen LogP contribution in [-0.2, 0) is 9.53 Å². The number of aromatic nitrogens is 2. The van der Waals surface area contributed by atoms with Crippen LogP contribution in [-0.4, -0.2) is 45.8 Å². The third kappa shape index (κ3) is 5.11. The van der Waals surface area contributed by atoms with E-state index in [9.17, 15) is 9.59 Å². The summed E-state index contributed by atoms with van der Waals surface area (Å²) in [6.45, 7) is 3.72. The first-order valence-corrected chi connectivity index (χ1v) is 9.35. The Labute approximate surface area is 160 Å². The Hall–Kier alpha value is -2.78. The van der Waals surface area contributed by atoms with E-state index in [1.165, 1.54) is 11.3 Å². The second-order valence-corrected chi connectivity index (χ2v) is 7.06. The molecule has 0 saturated heterocycles. The number of nitrogens with zero attached hydrogens (tertiary/aromatic N) is 2. The molecular weight excluding hydrogens is 368 g/mol. The van der Waals surface area contributed by atoms with Crippen molar-refractivity contribution in [2.24, 2.45) is 0 Å². The predicted molar refractivity (Wildman–Crippen MR) is 103 cm³/mol. The second kappa shape index (κ2) is 8.28. The molecule has 3 heterocycles. The van der Waals surface area contributed by atoms with Crippen LogP contribution in [0.2, 0.25) is 0 Å². The summed E-state index contributed by atoms with van der Waals surface area (Å²) in [5.41, 5.74) is 3.39. The standard InChI is InChI=1S/C18H20N4O4S/c1-10-6-12(7-11(2)26-10)13-4-3-5-14(20-13)15-9-27-17(21-15)22-16(23)8-19-18(24)25/h3-6,9-11,19H,7-8H2,1-2H3,(H,24,25)(H,21,22,23)/t10-,11+/m1/s1. The van der Waals surface area contributed by atoms with Crippen LogP contribution in [0.1, 0.15) is 26.0 Å². The molecule has 0 radical (unpaired) electrons. The molecule has 0 aromatic carbocycles. The van der Waals surface area contributed by atoms with Gasteiger partial charge in [0.15, 0.2) is 5.13 Å². The number of nitrogens with one attached hydrogen (secondary N) is 2. The summed E-state index contributed by atoms with van der Waals surface area (Å²) in [4.78, 5) is 31.2. The number of amides is 2. The zero-order valence-electron chi connectivity index (χ0n) is 14.9. The molecule has 2 aromatic rings. The minimum Gasteiger partial charge on any atom is -0.465 e. The van der Waals surface area contributed by atoms with E-state index in [2.05, 4.69) is 16.4 Å². The zero-order chi connectivity index (χ0) is 19.4. The second-order valence-electron chi connectivity index (χ2n) is 6.20. The first-order chi connectivity index (χ1) is 12.9. The minimum atomic E-state index is -1.25. The third-order valence-electron chi connectivity index (χ3n) is 3.88. The Kier molecular flexibility index (Phi) is 5.82. The Morgan fingerprint density at radius 3 is 2.78 bits per heavy atom. The van der Waals surface area contributed by atoms with Crippen molar-refractivity contribution in [3.8, 4) is 11.4 Å². The summed E-state index contributed by atoms with van der Waals surface area (Å²) in [6.07, 6.45) is 1.82. The highest BCUT2D eigenvalue weighted by molar-refractivity contribution is 7.14. The van der Waals surface area contributed by atoms with Crippen LogP contribution >= 0.6 is 11.3 Å². The Morgan fingerprint density at radius 1 is 1.26 bits per heavy atom. The molecule has 0 saturated carbocycles. The molecule has 1 aliphatic heterocycles. The fraction of sp³-hybridized carbons (Fsp3) is 0.333. The summed E-state index contributed by atoms with van der Waals surface area (Å²) in [5.74, 6) is -0.477. The van der Waals surface area contributed by atoms with Crippen LogP contribution in [0.4, 0.5) is 9.93 Å². The SMILES string of the molecule is C[C@@H]1C=C(c2cccc(-c3csc(NC(=O)CNC(=O)O)n3)n2)C[C@H](C)O1. The van der Waals surface area contributed by atoms with Gasteiger partial charge in [0.1, 0.15) is 12.2 Å². The maximum absolute atomic E-state index is 11.7. The van der Waals surface area contributed by atoms with E-state index in [-0.39, 0.29) is 18.8 Å².